The maximum Gasteiger partial charge on any atom is 0.277 e. The molecule has 25 heavy (non-hydrogen) atoms. The van der Waals surface area contributed by atoms with E-state index in [1.807, 2.05) is 6.92 Å². The Kier molecular flexibility index (Phi) is 5.39. The molecule has 3 aromatic rings. The number of thioether (sulfide) groups is 1. The van der Waals surface area contributed by atoms with E-state index in [0.29, 0.717) is 23.2 Å². The second kappa shape index (κ2) is 7.89. The van der Waals surface area contributed by atoms with Crippen molar-refractivity contribution >= 4 is 23.4 Å². The van der Waals surface area contributed by atoms with Gasteiger partial charge in [-0.05, 0) is 42.8 Å². The van der Waals surface area contributed by atoms with Crippen LogP contribution in [0.25, 0.3) is 11.5 Å². The van der Waals surface area contributed by atoms with Crippen LogP contribution in [0.15, 0.2) is 58.4 Å². The van der Waals surface area contributed by atoms with Crippen molar-refractivity contribution in [2.24, 2.45) is 0 Å². The molecule has 6 nitrogen and oxygen atoms in total. The van der Waals surface area contributed by atoms with Gasteiger partial charge in [-0.25, -0.2) is 4.39 Å². The van der Waals surface area contributed by atoms with Crippen LogP contribution in [0.2, 0.25) is 0 Å². The molecule has 0 radical (unpaired) electrons. The van der Waals surface area contributed by atoms with Crippen molar-refractivity contribution in [2.75, 3.05) is 5.32 Å². The van der Waals surface area contributed by atoms with Gasteiger partial charge in [0.05, 0.1) is 5.25 Å². The number of hydrogen-bond donors (Lipinski definition) is 1. The van der Waals surface area contributed by atoms with Crippen LogP contribution in [-0.4, -0.2) is 26.3 Å². The van der Waals surface area contributed by atoms with Crippen LogP contribution in [0.3, 0.4) is 0 Å². The molecular weight excluding hydrogens is 343 g/mol. The van der Waals surface area contributed by atoms with Crippen molar-refractivity contribution in [2.45, 2.75) is 23.8 Å². The van der Waals surface area contributed by atoms with E-state index in [1.165, 1.54) is 36.0 Å². The first kappa shape index (κ1) is 17.1. The van der Waals surface area contributed by atoms with Crippen LogP contribution >= 0.6 is 11.8 Å². The summed E-state index contributed by atoms with van der Waals surface area (Å²) in [6.07, 6.45) is 3.85. The Morgan fingerprint density at radius 1 is 1.20 bits per heavy atom. The summed E-state index contributed by atoms with van der Waals surface area (Å²) in [6.45, 7) is 1.89. The van der Waals surface area contributed by atoms with Gasteiger partial charge in [0.25, 0.3) is 5.22 Å². The molecule has 0 aliphatic carbocycles. The van der Waals surface area contributed by atoms with E-state index in [0.717, 1.165) is 5.56 Å². The molecule has 2 aromatic heterocycles. The molecule has 0 saturated carbocycles. The fourth-order valence-corrected chi connectivity index (χ4v) is 2.86. The maximum atomic E-state index is 12.9. The first-order valence-electron chi connectivity index (χ1n) is 7.62. The van der Waals surface area contributed by atoms with Gasteiger partial charge in [0.1, 0.15) is 5.82 Å². The monoisotopic (exact) mass is 358 g/mol. The van der Waals surface area contributed by atoms with Gasteiger partial charge in [0, 0.05) is 23.6 Å². The number of anilines is 1. The van der Waals surface area contributed by atoms with E-state index >= 15 is 0 Å². The summed E-state index contributed by atoms with van der Waals surface area (Å²) in [7, 11) is 0. The zero-order valence-electron chi connectivity index (χ0n) is 13.3. The lowest BCUT2D eigenvalue weighted by atomic mass is 10.2. The topological polar surface area (TPSA) is 80.9 Å². The van der Waals surface area contributed by atoms with Crippen molar-refractivity contribution in [1.29, 1.82) is 0 Å². The molecule has 0 bridgehead atoms. The van der Waals surface area contributed by atoms with Crippen LogP contribution < -0.4 is 5.32 Å². The van der Waals surface area contributed by atoms with Crippen LogP contribution in [0.1, 0.15) is 13.3 Å². The molecule has 1 amide bonds. The molecule has 128 valence electrons. The van der Waals surface area contributed by atoms with E-state index in [9.17, 15) is 9.18 Å². The molecule has 8 heteroatoms. The summed E-state index contributed by atoms with van der Waals surface area (Å²) in [6, 6.07) is 9.14. The van der Waals surface area contributed by atoms with E-state index in [-0.39, 0.29) is 11.7 Å². The summed E-state index contributed by atoms with van der Waals surface area (Å²) in [5.74, 6) is -0.185. The molecule has 1 aromatic carbocycles. The number of nitrogens with zero attached hydrogens (tertiary/aromatic N) is 3. The van der Waals surface area contributed by atoms with Gasteiger partial charge in [-0.1, -0.05) is 18.7 Å². The fourth-order valence-electron chi connectivity index (χ4n) is 2.07. The van der Waals surface area contributed by atoms with Crippen LogP contribution in [0.4, 0.5) is 10.1 Å². The van der Waals surface area contributed by atoms with Gasteiger partial charge < -0.3 is 9.73 Å². The average molecular weight is 358 g/mol. The number of halogens is 1. The molecule has 1 N–H and O–H groups in total. The molecule has 2 heterocycles. The number of hydrogen-bond acceptors (Lipinski definition) is 6. The summed E-state index contributed by atoms with van der Waals surface area (Å²) in [5.41, 5.74) is 1.30. The van der Waals surface area contributed by atoms with Crippen molar-refractivity contribution < 1.29 is 13.6 Å². The van der Waals surface area contributed by atoms with Crippen LogP contribution in [0, 0.1) is 5.82 Å². The Hall–Kier alpha value is -2.74. The summed E-state index contributed by atoms with van der Waals surface area (Å²) < 4.78 is 18.5. The van der Waals surface area contributed by atoms with Gasteiger partial charge in [-0.2, -0.15) is 0 Å². The lowest BCUT2D eigenvalue weighted by Crippen LogP contribution is -2.24. The summed E-state index contributed by atoms with van der Waals surface area (Å²) >= 11 is 1.19. The van der Waals surface area contributed by atoms with Gasteiger partial charge in [0.15, 0.2) is 0 Å². The Morgan fingerprint density at radius 3 is 2.60 bits per heavy atom. The molecule has 0 aliphatic heterocycles. The third-order valence-corrected chi connectivity index (χ3v) is 4.55. The molecule has 1 atom stereocenters. The minimum atomic E-state index is -0.407. The number of carbonyl (C=O) groups excluding carboxylic acids is 1. The SMILES string of the molecule is CCC(Sc1nnc(-c2ccncc2)o1)C(=O)Nc1ccc(F)cc1. The highest BCUT2D eigenvalue weighted by Crippen LogP contribution is 2.28. The predicted octanol–water partition coefficient (Wildman–Crippen LogP) is 3.78. The molecular formula is C17H15FN4O2S. The van der Waals surface area contributed by atoms with E-state index in [2.05, 4.69) is 20.5 Å². The molecule has 0 aliphatic rings. The van der Waals surface area contributed by atoms with Crippen LogP contribution in [-0.2, 0) is 4.79 Å². The highest BCUT2D eigenvalue weighted by atomic mass is 32.2. The predicted molar refractivity (Wildman–Crippen MR) is 92.5 cm³/mol. The third kappa shape index (κ3) is 4.42. The smallest absolute Gasteiger partial charge is 0.277 e. The Morgan fingerprint density at radius 2 is 1.92 bits per heavy atom. The maximum absolute atomic E-state index is 12.9. The van der Waals surface area contributed by atoms with Crippen molar-refractivity contribution in [1.82, 2.24) is 15.2 Å². The molecule has 0 saturated heterocycles. The van der Waals surface area contributed by atoms with E-state index in [1.54, 1.807) is 24.5 Å². The summed E-state index contributed by atoms with van der Waals surface area (Å²) in [4.78, 5) is 16.3. The zero-order chi connectivity index (χ0) is 17.6. The molecule has 1 unspecified atom stereocenters. The lowest BCUT2D eigenvalue weighted by Gasteiger charge is -2.12. The largest absolute Gasteiger partial charge is 0.411 e. The number of carbonyl (C=O) groups is 1. The van der Waals surface area contributed by atoms with Gasteiger partial charge in [0.2, 0.25) is 11.8 Å². The lowest BCUT2D eigenvalue weighted by molar-refractivity contribution is -0.115. The number of nitrogens with one attached hydrogen (secondary N) is 1. The quantitative estimate of drug-likeness (QED) is 0.676. The number of amides is 1. The Bertz CT molecular complexity index is 839. The minimum Gasteiger partial charge on any atom is -0.411 e. The standard InChI is InChI=1S/C17H15FN4O2S/c1-2-14(15(23)20-13-5-3-12(18)4-6-13)25-17-22-21-16(24-17)11-7-9-19-10-8-11/h3-10,14H,2H2,1H3,(H,20,23). The van der Waals surface area contributed by atoms with Gasteiger partial charge in [-0.3, -0.25) is 9.78 Å². The van der Waals surface area contributed by atoms with E-state index < -0.39 is 5.25 Å². The zero-order valence-corrected chi connectivity index (χ0v) is 14.2. The van der Waals surface area contributed by atoms with Gasteiger partial charge in [-0.15, -0.1) is 10.2 Å². The number of benzene rings is 1. The first-order valence-corrected chi connectivity index (χ1v) is 8.50. The van der Waals surface area contributed by atoms with E-state index in [4.69, 9.17) is 4.42 Å². The number of aromatic nitrogens is 3. The minimum absolute atomic E-state index is 0.206. The van der Waals surface area contributed by atoms with Crippen molar-refractivity contribution in [3.8, 4) is 11.5 Å². The number of pyridine rings is 1. The average Bonchev–Trinajstić information content (AvgIpc) is 3.11. The highest BCUT2D eigenvalue weighted by molar-refractivity contribution is 8.00. The second-order valence-electron chi connectivity index (χ2n) is 5.12. The first-order chi connectivity index (χ1) is 12.2. The van der Waals surface area contributed by atoms with Crippen LogP contribution in [0.5, 0.6) is 0 Å². The Labute approximate surface area is 147 Å². The highest BCUT2D eigenvalue weighted by Gasteiger charge is 2.21. The van der Waals surface area contributed by atoms with Gasteiger partial charge >= 0.3 is 0 Å². The molecule has 0 spiro atoms. The van der Waals surface area contributed by atoms with Crippen molar-refractivity contribution in [3.05, 3.63) is 54.6 Å². The summed E-state index contributed by atoms with van der Waals surface area (Å²) in [5, 5.41) is 10.6. The normalized spacial score (nSPS) is 11.9. The molecule has 0 fully saturated rings. The van der Waals surface area contributed by atoms with Crippen molar-refractivity contribution in [3.63, 3.8) is 0 Å². The fraction of sp³-hybridized carbons (Fsp3) is 0.176. The Balaban J connectivity index is 1.66. The molecule has 3 rings (SSSR count). The second-order valence-corrected chi connectivity index (χ2v) is 6.27. The number of rotatable bonds is 6. The third-order valence-electron chi connectivity index (χ3n) is 3.35.